The lowest BCUT2D eigenvalue weighted by Crippen LogP contribution is -2.21. The van der Waals surface area contributed by atoms with Crippen LogP contribution in [-0.2, 0) is 4.79 Å². The van der Waals surface area contributed by atoms with Crippen molar-refractivity contribution in [2.45, 2.75) is 33.1 Å². The minimum Gasteiger partial charge on any atom is -0.294 e. The van der Waals surface area contributed by atoms with Crippen LogP contribution in [-0.4, -0.2) is 5.78 Å². The number of carbonyl (C=O) groups excluding carboxylic acids is 1. The van der Waals surface area contributed by atoms with Crippen LogP contribution in [0.1, 0.15) is 33.1 Å². The third-order valence-corrected chi connectivity index (χ3v) is 3.17. The smallest absolute Gasteiger partial charge is 0.161 e. The first-order valence-corrected chi connectivity index (χ1v) is 5.48. The third-order valence-electron chi connectivity index (χ3n) is 3.17. The second kappa shape index (κ2) is 4.61. The summed E-state index contributed by atoms with van der Waals surface area (Å²) in [5.41, 5.74) is 0.897. The SMILES string of the molecule is C=CC=CCCC1C(=O)C(=C)CC1(C)C. The average molecular weight is 204 g/mol. The molecule has 1 atom stereocenters. The summed E-state index contributed by atoms with van der Waals surface area (Å²) in [6, 6.07) is 0. The van der Waals surface area contributed by atoms with Gasteiger partial charge in [0, 0.05) is 5.92 Å². The van der Waals surface area contributed by atoms with Crippen LogP contribution >= 0.6 is 0 Å². The maximum atomic E-state index is 11.8. The quantitative estimate of drug-likeness (QED) is 0.504. The van der Waals surface area contributed by atoms with E-state index in [0.29, 0.717) is 0 Å². The van der Waals surface area contributed by atoms with Gasteiger partial charge in [0.15, 0.2) is 5.78 Å². The molecule has 1 nitrogen and oxygen atoms in total. The topological polar surface area (TPSA) is 17.1 Å². The van der Waals surface area contributed by atoms with Crippen LogP contribution in [0.5, 0.6) is 0 Å². The summed E-state index contributed by atoms with van der Waals surface area (Å²) < 4.78 is 0. The number of hydrogen-bond acceptors (Lipinski definition) is 1. The molecule has 0 aliphatic heterocycles. The zero-order valence-corrected chi connectivity index (χ0v) is 9.75. The van der Waals surface area contributed by atoms with Gasteiger partial charge in [-0.3, -0.25) is 4.79 Å². The molecule has 0 heterocycles. The first kappa shape index (κ1) is 12.0. The monoisotopic (exact) mass is 204 g/mol. The van der Waals surface area contributed by atoms with E-state index in [9.17, 15) is 4.79 Å². The molecule has 1 aliphatic carbocycles. The van der Waals surface area contributed by atoms with Gasteiger partial charge < -0.3 is 0 Å². The van der Waals surface area contributed by atoms with E-state index in [2.05, 4.69) is 33.1 Å². The van der Waals surface area contributed by atoms with Gasteiger partial charge in [-0.05, 0) is 30.3 Å². The lowest BCUT2D eigenvalue weighted by molar-refractivity contribution is -0.119. The van der Waals surface area contributed by atoms with Crippen molar-refractivity contribution in [3.05, 3.63) is 37.0 Å². The van der Waals surface area contributed by atoms with E-state index in [-0.39, 0.29) is 17.1 Å². The van der Waals surface area contributed by atoms with Crippen LogP contribution in [0.4, 0.5) is 0 Å². The number of rotatable bonds is 4. The Hall–Kier alpha value is -1.11. The fourth-order valence-corrected chi connectivity index (χ4v) is 2.34. The summed E-state index contributed by atoms with van der Waals surface area (Å²) in [4.78, 5) is 11.8. The molecule has 0 bridgehead atoms. The second-order valence-electron chi connectivity index (χ2n) is 4.93. The molecule has 15 heavy (non-hydrogen) atoms. The number of ketones is 1. The number of hydrogen-bond donors (Lipinski definition) is 0. The maximum absolute atomic E-state index is 11.8. The molecular weight excluding hydrogens is 184 g/mol. The summed E-state index contributed by atoms with van der Waals surface area (Å²) in [5.74, 6) is 0.423. The van der Waals surface area contributed by atoms with Gasteiger partial charge in [0.2, 0.25) is 0 Å². The van der Waals surface area contributed by atoms with Crippen LogP contribution in [0.3, 0.4) is 0 Å². The Morgan fingerprint density at radius 2 is 2.20 bits per heavy atom. The molecule has 1 aliphatic rings. The Balaban J connectivity index is 2.60. The van der Waals surface area contributed by atoms with E-state index in [1.165, 1.54) is 0 Å². The fraction of sp³-hybridized carbons (Fsp3) is 0.500. The highest BCUT2D eigenvalue weighted by molar-refractivity contribution is 5.99. The van der Waals surface area contributed by atoms with Crippen LogP contribution in [0.2, 0.25) is 0 Å². The standard InChI is InChI=1S/C14H20O/c1-5-6-7-8-9-12-13(15)11(2)10-14(12,3)4/h5-7,12H,1-2,8-10H2,3-4H3. The summed E-state index contributed by atoms with van der Waals surface area (Å²) in [5, 5.41) is 0. The molecule has 0 amide bonds. The number of allylic oxidation sites excluding steroid dienone is 4. The predicted molar refractivity (Wildman–Crippen MR) is 64.6 cm³/mol. The molecule has 1 saturated carbocycles. The molecule has 0 spiro atoms. The molecule has 0 N–H and O–H groups in total. The zero-order valence-electron chi connectivity index (χ0n) is 9.75. The van der Waals surface area contributed by atoms with Gasteiger partial charge >= 0.3 is 0 Å². The summed E-state index contributed by atoms with van der Waals surface area (Å²) >= 11 is 0. The molecule has 0 radical (unpaired) electrons. The molecule has 82 valence electrons. The van der Waals surface area contributed by atoms with Gasteiger partial charge in [-0.25, -0.2) is 0 Å². The summed E-state index contributed by atoms with van der Waals surface area (Å²) in [6.45, 7) is 11.8. The molecule has 0 saturated heterocycles. The van der Waals surface area contributed by atoms with Gasteiger partial charge in [-0.1, -0.05) is 45.2 Å². The Kier molecular flexibility index (Phi) is 3.67. The van der Waals surface area contributed by atoms with Gasteiger partial charge in [-0.15, -0.1) is 0 Å². The van der Waals surface area contributed by atoms with Crippen molar-refractivity contribution in [3.63, 3.8) is 0 Å². The lowest BCUT2D eigenvalue weighted by atomic mass is 9.79. The van der Waals surface area contributed by atoms with E-state index in [1.54, 1.807) is 6.08 Å². The molecule has 1 heteroatoms. The highest BCUT2D eigenvalue weighted by Crippen LogP contribution is 2.44. The van der Waals surface area contributed by atoms with Crippen molar-refractivity contribution < 1.29 is 4.79 Å². The van der Waals surface area contributed by atoms with Gasteiger partial charge in [0.05, 0.1) is 0 Å². The van der Waals surface area contributed by atoms with Crippen molar-refractivity contribution in [2.75, 3.05) is 0 Å². The van der Waals surface area contributed by atoms with E-state index in [4.69, 9.17) is 0 Å². The van der Waals surface area contributed by atoms with Crippen LogP contribution in [0.25, 0.3) is 0 Å². The van der Waals surface area contributed by atoms with Crippen molar-refractivity contribution in [1.29, 1.82) is 0 Å². The Bertz CT molecular complexity index is 307. The highest BCUT2D eigenvalue weighted by Gasteiger charge is 2.42. The van der Waals surface area contributed by atoms with Gasteiger partial charge in [0.1, 0.15) is 0 Å². The van der Waals surface area contributed by atoms with Gasteiger partial charge in [0.25, 0.3) is 0 Å². The van der Waals surface area contributed by atoms with Crippen molar-refractivity contribution in [2.24, 2.45) is 11.3 Å². The highest BCUT2D eigenvalue weighted by atomic mass is 16.1. The maximum Gasteiger partial charge on any atom is 0.161 e. The molecule has 0 aromatic rings. The molecule has 1 unspecified atom stereocenters. The van der Waals surface area contributed by atoms with E-state index in [0.717, 1.165) is 24.8 Å². The molecule has 1 fully saturated rings. The summed E-state index contributed by atoms with van der Waals surface area (Å²) in [6.07, 6.45) is 8.48. The van der Waals surface area contributed by atoms with Crippen molar-refractivity contribution >= 4 is 5.78 Å². The molecule has 0 aromatic heterocycles. The zero-order chi connectivity index (χ0) is 11.5. The largest absolute Gasteiger partial charge is 0.294 e. The first-order valence-electron chi connectivity index (χ1n) is 5.48. The number of carbonyl (C=O) groups is 1. The average Bonchev–Trinajstić information content (AvgIpc) is 2.33. The van der Waals surface area contributed by atoms with E-state index < -0.39 is 0 Å². The molecule has 1 rings (SSSR count). The van der Waals surface area contributed by atoms with Gasteiger partial charge in [-0.2, -0.15) is 0 Å². The third kappa shape index (κ3) is 2.68. The second-order valence-corrected chi connectivity index (χ2v) is 4.93. The minimum absolute atomic E-state index is 0.0934. The Labute approximate surface area is 92.6 Å². The van der Waals surface area contributed by atoms with E-state index in [1.807, 2.05) is 6.08 Å². The van der Waals surface area contributed by atoms with Crippen LogP contribution in [0, 0.1) is 11.3 Å². The fourth-order valence-electron chi connectivity index (χ4n) is 2.34. The summed E-state index contributed by atoms with van der Waals surface area (Å²) in [7, 11) is 0. The van der Waals surface area contributed by atoms with Crippen LogP contribution in [0.15, 0.2) is 37.0 Å². The van der Waals surface area contributed by atoms with Crippen molar-refractivity contribution in [1.82, 2.24) is 0 Å². The van der Waals surface area contributed by atoms with E-state index >= 15 is 0 Å². The van der Waals surface area contributed by atoms with Crippen LogP contribution < -0.4 is 0 Å². The number of Topliss-reactive ketones (excluding diaryl/α,β-unsaturated/α-hetero) is 1. The predicted octanol–water partition coefficient (Wildman–Crippen LogP) is 3.68. The Morgan fingerprint density at radius 3 is 2.67 bits per heavy atom. The molecule has 0 aromatic carbocycles. The lowest BCUT2D eigenvalue weighted by Gasteiger charge is -2.24. The first-order chi connectivity index (χ1) is 6.99. The minimum atomic E-state index is 0.0934. The normalized spacial score (nSPS) is 25.1. The van der Waals surface area contributed by atoms with Crippen molar-refractivity contribution in [3.8, 4) is 0 Å². The molecular formula is C14H20O. The Morgan fingerprint density at radius 1 is 1.53 bits per heavy atom.